The Morgan fingerprint density at radius 1 is 1.06 bits per heavy atom. The summed E-state index contributed by atoms with van der Waals surface area (Å²) in [4.78, 5) is 0. The lowest BCUT2D eigenvalue weighted by atomic mass is 10.00. The van der Waals surface area contributed by atoms with Gasteiger partial charge in [0.1, 0.15) is 5.82 Å². The van der Waals surface area contributed by atoms with Gasteiger partial charge in [-0.05, 0) is 41.8 Å². The average molecular weight is 284 g/mol. The number of halogens is 3. The molecule has 0 heterocycles. The minimum Gasteiger partial charge on any atom is -0.324 e. The van der Waals surface area contributed by atoms with E-state index in [0.717, 1.165) is 11.1 Å². The van der Waals surface area contributed by atoms with Gasteiger partial charge in [0.15, 0.2) is 0 Å². The van der Waals surface area contributed by atoms with E-state index in [4.69, 9.17) is 28.9 Å². The minimum atomic E-state index is -0.431. The van der Waals surface area contributed by atoms with Crippen LogP contribution >= 0.6 is 23.2 Å². The average Bonchev–Trinajstić information content (AvgIpc) is 2.35. The maximum atomic E-state index is 13.0. The highest BCUT2D eigenvalue weighted by Crippen LogP contribution is 2.22. The summed E-state index contributed by atoms with van der Waals surface area (Å²) >= 11 is 11.5. The van der Waals surface area contributed by atoms with Crippen LogP contribution in [0.15, 0.2) is 42.5 Å². The molecule has 2 N–H and O–H groups in total. The summed E-state index contributed by atoms with van der Waals surface area (Å²) in [5, 5.41) is 0.788. The zero-order valence-corrected chi connectivity index (χ0v) is 11.0. The summed E-state index contributed by atoms with van der Waals surface area (Å²) in [6.45, 7) is 0. The van der Waals surface area contributed by atoms with Crippen LogP contribution in [0.3, 0.4) is 0 Å². The summed E-state index contributed by atoms with van der Waals surface area (Å²) < 4.78 is 13.0. The Kier molecular flexibility index (Phi) is 4.23. The van der Waals surface area contributed by atoms with E-state index in [0.29, 0.717) is 11.4 Å². The van der Waals surface area contributed by atoms with Crippen LogP contribution in [0.1, 0.15) is 17.2 Å². The monoisotopic (exact) mass is 283 g/mol. The lowest BCUT2D eigenvalue weighted by molar-refractivity contribution is 0.625. The number of nitrogens with two attached hydrogens (primary N) is 1. The molecule has 4 heteroatoms. The SMILES string of the molecule is NC(Cc1ccc(Cl)cc1)c1ccc(F)c(Cl)c1. The van der Waals surface area contributed by atoms with E-state index < -0.39 is 5.82 Å². The van der Waals surface area contributed by atoms with Crippen LogP contribution in [0.2, 0.25) is 10.0 Å². The van der Waals surface area contributed by atoms with Crippen molar-refractivity contribution in [1.29, 1.82) is 0 Å². The summed E-state index contributed by atoms with van der Waals surface area (Å²) in [6, 6.07) is 11.8. The second-order valence-corrected chi connectivity index (χ2v) is 4.95. The Bertz CT molecular complexity index is 540. The van der Waals surface area contributed by atoms with Gasteiger partial charge in [-0.15, -0.1) is 0 Å². The normalized spacial score (nSPS) is 12.4. The van der Waals surface area contributed by atoms with Crippen LogP contribution in [0.5, 0.6) is 0 Å². The molecule has 2 aromatic rings. The second-order valence-electron chi connectivity index (χ2n) is 4.11. The molecule has 1 atom stereocenters. The molecule has 0 saturated carbocycles. The van der Waals surface area contributed by atoms with E-state index in [1.54, 1.807) is 12.1 Å². The number of benzene rings is 2. The van der Waals surface area contributed by atoms with E-state index >= 15 is 0 Å². The third-order valence-corrected chi connectivity index (χ3v) is 3.28. The first-order valence-electron chi connectivity index (χ1n) is 5.51. The standard InChI is InChI=1S/C14H12Cl2FN/c15-11-4-1-9(2-5-11)7-14(18)10-3-6-13(17)12(16)8-10/h1-6,8,14H,7,18H2. The number of hydrogen-bond acceptors (Lipinski definition) is 1. The highest BCUT2D eigenvalue weighted by molar-refractivity contribution is 6.31. The maximum absolute atomic E-state index is 13.0. The molecule has 1 unspecified atom stereocenters. The van der Waals surface area contributed by atoms with Crippen molar-refractivity contribution in [3.63, 3.8) is 0 Å². The van der Waals surface area contributed by atoms with Crippen molar-refractivity contribution in [2.75, 3.05) is 0 Å². The fourth-order valence-electron chi connectivity index (χ4n) is 1.74. The van der Waals surface area contributed by atoms with Gasteiger partial charge in [0.05, 0.1) is 5.02 Å². The van der Waals surface area contributed by atoms with E-state index in [2.05, 4.69) is 0 Å². The van der Waals surface area contributed by atoms with Crippen molar-refractivity contribution in [3.05, 3.63) is 69.5 Å². The Balaban J connectivity index is 2.13. The Hall–Kier alpha value is -1.09. The molecule has 94 valence electrons. The topological polar surface area (TPSA) is 26.0 Å². The molecule has 0 radical (unpaired) electrons. The Labute approximate surface area is 115 Å². The molecule has 0 aliphatic heterocycles. The highest BCUT2D eigenvalue weighted by atomic mass is 35.5. The molecule has 18 heavy (non-hydrogen) atoms. The first-order chi connectivity index (χ1) is 8.56. The first kappa shape index (κ1) is 13.3. The molecule has 0 aliphatic carbocycles. The van der Waals surface area contributed by atoms with Gasteiger partial charge in [0, 0.05) is 11.1 Å². The molecule has 0 amide bonds. The summed E-state index contributed by atoms with van der Waals surface area (Å²) in [5.74, 6) is -0.431. The van der Waals surface area contributed by atoms with E-state index in [1.807, 2.05) is 24.3 Å². The van der Waals surface area contributed by atoms with Gasteiger partial charge in [-0.3, -0.25) is 0 Å². The lowest BCUT2D eigenvalue weighted by Crippen LogP contribution is -2.13. The van der Waals surface area contributed by atoms with Crippen LogP contribution < -0.4 is 5.73 Å². The van der Waals surface area contributed by atoms with Gasteiger partial charge < -0.3 is 5.73 Å². The zero-order valence-electron chi connectivity index (χ0n) is 9.54. The van der Waals surface area contributed by atoms with Crippen molar-refractivity contribution in [2.45, 2.75) is 12.5 Å². The zero-order chi connectivity index (χ0) is 13.1. The number of rotatable bonds is 3. The molecule has 1 nitrogen and oxygen atoms in total. The molecule has 0 spiro atoms. The fraction of sp³-hybridized carbons (Fsp3) is 0.143. The van der Waals surface area contributed by atoms with Crippen LogP contribution in [0, 0.1) is 5.82 Å². The van der Waals surface area contributed by atoms with E-state index in [9.17, 15) is 4.39 Å². The van der Waals surface area contributed by atoms with Gasteiger partial charge in [-0.1, -0.05) is 41.4 Å². The quantitative estimate of drug-likeness (QED) is 0.889. The van der Waals surface area contributed by atoms with Gasteiger partial charge in [0.2, 0.25) is 0 Å². The molecule has 0 aliphatic rings. The molecule has 0 aromatic heterocycles. The van der Waals surface area contributed by atoms with Gasteiger partial charge in [-0.25, -0.2) is 4.39 Å². The Morgan fingerprint density at radius 3 is 2.33 bits per heavy atom. The fourth-order valence-corrected chi connectivity index (χ4v) is 2.05. The number of hydrogen-bond donors (Lipinski definition) is 1. The van der Waals surface area contributed by atoms with Gasteiger partial charge in [-0.2, -0.15) is 0 Å². The van der Waals surface area contributed by atoms with Crippen LogP contribution in [0.4, 0.5) is 4.39 Å². The van der Waals surface area contributed by atoms with Crippen molar-refractivity contribution >= 4 is 23.2 Å². The van der Waals surface area contributed by atoms with Crippen LogP contribution in [-0.4, -0.2) is 0 Å². The summed E-state index contributed by atoms with van der Waals surface area (Å²) in [6.07, 6.45) is 0.652. The third-order valence-electron chi connectivity index (χ3n) is 2.74. The molecular formula is C14H12Cl2FN. The summed E-state index contributed by atoms with van der Waals surface area (Å²) in [5.41, 5.74) is 7.96. The predicted molar refractivity (Wildman–Crippen MR) is 73.5 cm³/mol. The minimum absolute atomic E-state index is 0.0963. The third kappa shape index (κ3) is 3.22. The molecule has 0 saturated heterocycles. The molecule has 2 rings (SSSR count). The maximum Gasteiger partial charge on any atom is 0.141 e. The van der Waals surface area contributed by atoms with E-state index in [-0.39, 0.29) is 11.1 Å². The highest BCUT2D eigenvalue weighted by Gasteiger charge is 2.09. The second kappa shape index (κ2) is 5.70. The molecule has 2 aromatic carbocycles. The molecule has 0 bridgehead atoms. The Morgan fingerprint density at radius 2 is 1.72 bits per heavy atom. The van der Waals surface area contributed by atoms with Crippen LogP contribution in [0.25, 0.3) is 0 Å². The van der Waals surface area contributed by atoms with Crippen molar-refractivity contribution in [1.82, 2.24) is 0 Å². The lowest BCUT2D eigenvalue weighted by Gasteiger charge is -2.12. The van der Waals surface area contributed by atoms with Gasteiger partial charge in [0.25, 0.3) is 0 Å². The smallest absolute Gasteiger partial charge is 0.141 e. The van der Waals surface area contributed by atoms with Crippen molar-refractivity contribution in [3.8, 4) is 0 Å². The van der Waals surface area contributed by atoms with Crippen molar-refractivity contribution in [2.24, 2.45) is 5.73 Å². The van der Waals surface area contributed by atoms with Crippen molar-refractivity contribution < 1.29 is 4.39 Å². The van der Waals surface area contributed by atoms with Gasteiger partial charge >= 0.3 is 0 Å². The first-order valence-corrected chi connectivity index (χ1v) is 6.27. The van der Waals surface area contributed by atoms with Crippen LogP contribution in [-0.2, 0) is 6.42 Å². The predicted octanol–water partition coefficient (Wildman–Crippen LogP) is 4.38. The molecule has 0 fully saturated rings. The summed E-state index contributed by atoms with van der Waals surface area (Å²) in [7, 11) is 0. The largest absolute Gasteiger partial charge is 0.324 e. The molecular weight excluding hydrogens is 272 g/mol. The van der Waals surface area contributed by atoms with E-state index in [1.165, 1.54) is 6.07 Å².